The van der Waals surface area contributed by atoms with Gasteiger partial charge in [-0.1, -0.05) is 30.3 Å². The summed E-state index contributed by atoms with van der Waals surface area (Å²) in [5, 5.41) is 14.9. The molecule has 0 saturated heterocycles. The number of fused-ring (bicyclic) bond motifs is 1. The Morgan fingerprint density at radius 1 is 1.00 bits per heavy atom. The molecule has 7 heteroatoms. The van der Waals surface area contributed by atoms with Gasteiger partial charge in [0.1, 0.15) is 16.7 Å². The average Bonchev–Trinajstić information content (AvgIpc) is 3.01. The summed E-state index contributed by atoms with van der Waals surface area (Å²) in [5.41, 5.74) is 1.88. The minimum absolute atomic E-state index is 0.127. The van der Waals surface area contributed by atoms with Crippen LogP contribution in [0.15, 0.2) is 68.2 Å². The molecule has 2 aromatic carbocycles. The van der Waals surface area contributed by atoms with Crippen LogP contribution >= 0.6 is 0 Å². The number of hydrogen-bond donors (Lipinski definition) is 1. The monoisotopic (exact) mass is 376 g/mol. The van der Waals surface area contributed by atoms with Crippen molar-refractivity contribution in [3.63, 3.8) is 0 Å². The second-order valence-corrected chi connectivity index (χ2v) is 6.40. The van der Waals surface area contributed by atoms with Crippen LogP contribution in [0.3, 0.4) is 0 Å². The van der Waals surface area contributed by atoms with Gasteiger partial charge in [0, 0.05) is 17.8 Å². The van der Waals surface area contributed by atoms with E-state index in [0.29, 0.717) is 16.9 Å². The maximum Gasteiger partial charge on any atom is 0.347 e. The van der Waals surface area contributed by atoms with E-state index < -0.39 is 10.5 Å². The Labute approximate surface area is 159 Å². The molecule has 4 rings (SSSR count). The predicted molar refractivity (Wildman–Crippen MR) is 106 cm³/mol. The first-order valence-corrected chi connectivity index (χ1v) is 8.59. The number of nitro benzene ring substituents is 1. The fourth-order valence-electron chi connectivity index (χ4n) is 3.19. The van der Waals surface area contributed by atoms with Gasteiger partial charge < -0.3 is 14.2 Å². The second kappa shape index (κ2) is 6.70. The molecule has 0 spiro atoms. The maximum atomic E-state index is 12.6. The first-order chi connectivity index (χ1) is 13.5. The number of nitro groups is 1. The summed E-state index contributed by atoms with van der Waals surface area (Å²) in [7, 11) is 0. The topological polar surface area (TPSA) is 98.5 Å². The molecule has 0 aliphatic rings. The third-order valence-electron chi connectivity index (χ3n) is 4.49. The van der Waals surface area contributed by atoms with E-state index >= 15 is 0 Å². The van der Waals surface area contributed by atoms with Gasteiger partial charge in [0.05, 0.1) is 16.1 Å². The number of anilines is 2. The first kappa shape index (κ1) is 17.5. The Hall–Kier alpha value is -3.87. The van der Waals surface area contributed by atoms with Crippen LogP contribution in [0.25, 0.3) is 22.1 Å². The van der Waals surface area contributed by atoms with Gasteiger partial charge in [0.15, 0.2) is 0 Å². The van der Waals surface area contributed by atoms with E-state index in [1.54, 1.807) is 31.2 Å². The smallest absolute Gasteiger partial charge is 0.347 e. The van der Waals surface area contributed by atoms with Crippen molar-refractivity contribution in [2.24, 2.45) is 0 Å². The van der Waals surface area contributed by atoms with Crippen molar-refractivity contribution in [1.29, 1.82) is 0 Å². The van der Waals surface area contributed by atoms with Gasteiger partial charge in [-0.25, -0.2) is 4.79 Å². The van der Waals surface area contributed by atoms with Crippen LogP contribution in [0.1, 0.15) is 11.3 Å². The molecule has 2 aromatic heterocycles. The quantitative estimate of drug-likeness (QED) is 0.382. The van der Waals surface area contributed by atoms with Crippen LogP contribution < -0.4 is 10.9 Å². The Morgan fingerprint density at radius 2 is 1.71 bits per heavy atom. The predicted octanol–water partition coefficient (Wildman–Crippen LogP) is 5.32. The summed E-state index contributed by atoms with van der Waals surface area (Å²) < 4.78 is 11.1. The van der Waals surface area contributed by atoms with Gasteiger partial charge in [-0.15, -0.1) is 0 Å². The van der Waals surface area contributed by atoms with Crippen molar-refractivity contribution in [3.8, 4) is 11.1 Å². The van der Waals surface area contributed by atoms with E-state index in [2.05, 4.69) is 5.32 Å². The molecular formula is C21H16N2O5. The lowest BCUT2D eigenvalue weighted by molar-refractivity contribution is -0.384. The summed E-state index contributed by atoms with van der Waals surface area (Å²) in [5.74, 6) is 0.638. The van der Waals surface area contributed by atoms with Crippen molar-refractivity contribution < 1.29 is 13.8 Å². The molecule has 0 aliphatic carbocycles. The van der Waals surface area contributed by atoms with Gasteiger partial charge in [-0.3, -0.25) is 10.1 Å². The highest BCUT2D eigenvalue weighted by molar-refractivity contribution is 6.02. The highest BCUT2D eigenvalue weighted by Crippen LogP contribution is 2.42. The summed E-state index contributed by atoms with van der Waals surface area (Å²) >= 11 is 0. The van der Waals surface area contributed by atoms with Crippen LogP contribution in [0.2, 0.25) is 0 Å². The van der Waals surface area contributed by atoms with Crippen LogP contribution in [-0.4, -0.2) is 4.92 Å². The maximum absolute atomic E-state index is 12.6. The van der Waals surface area contributed by atoms with Crippen molar-refractivity contribution >= 4 is 28.2 Å². The Balaban J connectivity index is 2.05. The number of aryl methyl sites for hydroxylation is 2. The summed E-state index contributed by atoms with van der Waals surface area (Å²) in [6.07, 6.45) is 0. The van der Waals surface area contributed by atoms with Gasteiger partial charge in [-0.2, -0.15) is 0 Å². The number of nitrogens with zero attached hydrogens (tertiary/aromatic N) is 1. The van der Waals surface area contributed by atoms with Gasteiger partial charge in [0.2, 0.25) is 5.88 Å². The SMILES string of the molecule is Cc1cc2oc(Nc3ccccc3C)c(-c3ccccc3[N+](=O)[O-])c2c(=O)o1. The Morgan fingerprint density at radius 3 is 2.46 bits per heavy atom. The fourth-order valence-corrected chi connectivity index (χ4v) is 3.19. The lowest BCUT2D eigenvalue weighted by Gasteiger charge is -2.09. The van der Waals surface area contributed by atoms with E-state index in [4.69, 9.17) is 8.83 Å². The number of nitrogens with one attached hydrogen (secondary N) is 1. The largest absolute Gasteiger partial charge is 0.439 e. The minimum Gasteiger partial charge on any atom is -0.439 e. The zero-order chi connectivity index (χ0) is 19.8. The molecule has 4 aromatic rings. The summed E-state index contributed by atoms with van der Waals surface area (Å²) in [4.78, 5) is 23.7. The van der Waals surface area contributed by atoms with Crippen molar-refractivity contribution in [2.75, 3.05) is 5.32 Å². The molecule has 7 nitrogen and oxygen atoms in total. The third-order valence-corrected chi connectivity index (χ3v) is 4.49. The molecule has 28 heavy (non-hydrogen) atoms. The molecule has 0 saturated carbocycles. The highest BCUT2D eigenvalue weighted by atomic mass is 16.6. The summed E-state index contributed by atoms with van der Waals surface area (Å²) in [6, 6.07) is 15.4. The molecule has 0 bridgehead atoms. The number of furan rings is 1. The fraction of sp³-hybridized carbons (Fsp3) is 0.0952. The van der Waals surface area contributed by atoms with E-state index in [1.165, 1.54) is 6.07 Å². The van der Waals surface area contributed by atoms with E-state index in [-0.39, 0.29) is 22.5 Å². The second-order valence-electron chi connectivity index (χ2n) is 6.40. The zero-order valence-electron chi connectivity index (χ0n) is 15.2. The molecular weight excluding hydrogens is 360 g/mol. The molecule has 0 unspecified atom stereocenters. The molecule has 0 amide bonds. The normalized spacial score (nSPS) is 10.9. The Bertz CT molecular complexity index is 1270. The zero-order valence-corrected chi connectivity index (χ0v) is 15.2. The van der Waals surface area contributed by atoms with Crippen LogP contribution in [-0.2, 0) is 0 Å². The van der Waals surface area contributed by atoms with Gasteiger partial charge >= 0.3 is 5.63 Å². The highest BCUT2D eigenvalue weighted by Gasteiger charge is 2.26. The standard InChI is InChI=1S/C21H16N2O5/c1-12-7-3-5-9-15(12)22-20-18(14-8-4-6-10-16(14)23(25)26)19-17(28-20)11-13(2)27-21(19)24/h3-11,22H,1-2H3. The summed E-state index contributed by atoms with van der Waals surface area (Å²) in [6.45, 7) is 3.57. The van der Waals surface area contributed by atoms with Crippen molar-refractivity contribution in [3.05, 3.63) is 86.5 Å². The molecule has 0 atom stereocenters. The number of para-hydroxylation sites is 2. The molecule has 0 fully saturated rings. The van der Waals surface area contributed by atoms with Crippen LogP contribution in [0, 0.1) is 24.0 Å². The number of benzene rings is 2. The third kappa shape index (κ3) is 2.92. The molecule has 1 N–H and O–H groups in total. The van der Waals surface area contributed by atoms with E-state index in [0.717, 1.165) is 11.3 Å². The van der Waals surface area contributed by atoms with Gasteiger partial charge in [-0.05, 0) is 31.5 Å². The lowest BCUT2D eigenvalue weighted by atomic mass is 10.0. The van der Waals surface area contributed by atoms with Gasteiger partial charge in [0.25, 0.3) is 5.69 Å². The first-order valence-electron chi connectivity index (χ1n) is 8.59. The molecule has 2 heterocycles. The van der Waals surface area contributed by atoms with Crippen molar-refractivity contribution in [1.82, 2.24) is 0 Å². The Kier molecular flexibility index (Phi) is 4.19. The molecule has 0 radical (unpaired) electrons. The molecule has 140 valence electrons. The molecule has 0 aliphatic heterocycles. The van der Waals surface area contributed by atoms with E-state index in [9.17, 15) is 14.9 Å². The minimum atomic E-state index is -0.607. The van der Waals surface area contributed by atoms with Crippen LogP contribution in [0.4, 0.5) is 17.3 Å². The lowest BCUT2D eigenvalue weighted by Crippen LogP contribution is -2.02. The number of hydrogen-bond acceptors (Lipinski definition) is 6. The number of rotatable bonds is 4. The average molecular weight is 376 g/mol. The van der Waals surface area contributed by atoms with Crippen molar-refractivity contribution in [2.45, 2.75) is 13.8 Å². The van der Waals surface area contributed by atoms with Crippen LogP contribution in [0.5, 0.6) is 0 Å². The van der Waals surface area contributed by atoms with E-state index in [1.807, 2.05) is 31.2 Å².